The highest BCUT2D eigenvalue weighted by Gasteiger charge is 2.18. The molecule has 0 fully saturated rings. The van der Waals surface area contributed by atoms with Crippen LogP contribution in [0.15, 0.2) is 24.4 Å². The zero-order valence-electron chi connectivity index (χ0n) is 14.9. The molecule has 1 aromatic carbocycles. The first-order valence-electron chi connectivity index (χ1n) is 8.96. The molecular weight excluding hydrogens is 338 g/mol. The maximum absolute atomic E-state index is 12.7. The van der Waals surface area contributed by atoms with Crippen LogP contribution in [-0.2, 0) is 11.2 Å². The van der Waals surface area contributed by atoms with E-state index in [1.54, 1.807) is 11.5 Å². The Balaban J connectivity index is 2.24. The lowest BCUT2D eigenvalue weighted by Gasteiger charge is -2.09. The van der Waals surface area contributed by atoms with E-state index in [1.807, 2.05) is 24.4 Å². The maximum Gasteiger partial charge on any atom is 0.303 e. The minimum Gasteiger partial charge on any atom is -0.481 e. The molecule has 0 amide bonds. The van der Waals surface area contributed by atoms with Crippen LogP contribution in [-0.4, -0.2) is 21.6 Å². The fraction of sp³-hybridized carbons (Fsp3) is 0.500. The third-order valence-electron chi connectivity index (χ3n) is 4.46. The molecule has 0 bridgehead atoms. The first-order chi connectivity index (χ1) is 11.9. The van der Waals surface area contributed by atoms with Gasteiger partial charge in [-0.3, -0.25) is 14.2 Å². The Kier molecular flexibility index (Phi) is 7.06. The summed E-state index contributed by atoms with van der Waals surface area (Å²) in [6.07, 6.45) is 7.73. The molecule has 25 heavy (non-hydrogen) atoms. The van der Waals surface area contributed by atoms with Gasteiger partial charge in [0.25, 0.3) is 0 Å². The minimum absolute atomic E-state index is 0.00439. The number of hydrogen-bond donors (Lipinski definition) is 1. The van der Waals surface area contributed by atoms with Crippen molar-refractivity contribution in [3.05, 3.63) is 35.0 Å². The largest absolute Gasteiger partial charge is 0.481 e. The van der Waals surface area contributed by atoms with Crippen LogP contribution in [0, 0.1) is 5.92 Å². The summed E-state index contributed by atoms with van der Waals surface area (Å²) in [7, 11) is 0. The molecule has 1 N–H and O–H groups in total. The van der Waals surface area contributed by atoms with Crippen LogP contribution < -0.4 is 0 Å². The maximum atomic E-state index is 12.7. The summed E-state index contributed by atoms with van der Waals surface area (Å²) in [5, 5.41) is 10.5. The van der Waals surface area contributed by atoms with Crippen molar-refractivity contribution in [3.8, 4) is 0 Å². The average molecular weight is 364 g/mol. The van der Waals surface area contributed by atoms with E-state index in [2.05, 4.69) is 6.92 Å². The average Bonchev–Trinajstić information content (AvgIpc) is 2.88. The number of carbonyl (C=O) groups excluding carboxylic acids is 1. The van der Waals surface area contributed by atoms with Crippen molar-refractivity contribution in [1.29, 1.82) is 0 Å². The van der Waals surface area contributed by atoms with Crippen molar-refractivity contribution in [3.63, 3.8) is 0 Å². The lowest BCUT2D eigenvalue weighted by Crippen LogP contribution is -2.15. The third-order valence-corrected chi connectivity index (χ3v) is 4.70. The molecule has 136 valence electrons. The van der Waals surface area contributed by atoms with E-state index >= 15 is 0 Å². The molecule has 0 aliphatic heterocycles. The number of fused-ring (bicyclic) bond motifs is 1. The topological polar surface area (TPSA) is 59.3 Å². The summed E-state index contributed by atoms with van der Waals surface area (Å²) < 4.78 is 1.65. The van der Waals surface area contributed by atoms with E-state index in [0.29, 0.717) is 5.02 Å². The first-order valence-corrected chi connectivity index (χ1v) is 9.34. The molecule has 0 radical (unpaired) electrons. The second-order valence-corrected chi connectivity index (χ2v) is 7.23. The number of nitrogens with zero attached hydrogens (tertiary/aromatic N) is 1. The number of aryl methyl sites for hydroxylation is 1. The predicted molar refractivity (Wildman–Crippen MR) is 101 cm³/mol. The van der Waals surface area contributed by atoms with Gasteiger partial charge in [-0.2, -0.15) is 0 Å². The van der Waals surface area contributed by atoms with Crippen LogP contribution in [0.5, 0.6) is 0 Å². The van der Waals surface area contributed by atoms with E-state index in [-0.39, 0.29) is 24.7 Å². The minimum atomic E-state index is -0.877. The second-order valence-electron chi connectivity index (χ2n) is 6.80. The zero-order valence-corrected chi connectivity index (χ0v) is 15.7. The summed E-state index contributed by atoms with van der Waals surface area (Å²) >= 11 is 6.12. The smallest absolute Gasteiger partial charge is 0.303 e. The second kappa shape index (κ2) is 9.04. The Morgan fingerprint density at radius 3 is 2.64 bits per heavy atom. The van der Waals surface area contributed by atoms with Gasteiger partial charge in [0.2, 0.25) is 5.91 Å². The van der Waals surface area contributed by atoms with Crippen molar-refractivity contribution < 1.29 is 14.7 Å². The molecule has 4 nitrogen and oxygen atoms in total. The van der Waals surface area contributed by atoms with Gasteiger partial charge >= 0.3 is 5.97 Å². The molecule has 1 atom stereocenters. The van der Waals surface area contributed by atoms with Crippen molar-refractivity contribution in [1.82, 2.24) is 4.57 Å². The van der Waals surface area contributed by atoms with Crippen LogP contribution in [0.25, 0.3) is 10.9 Å². The molecule has 0 saturated heterocycles. The van der Waals surface area contributed by atoms with Crippen LogP contribution in [0.2, 0.25) is 5.02 Å². The number of carboxylic acid groups (broad SMARTS) is 1. The van der Waals surface area contributed by atoms with Gasteiger partial charge in [-0.25, -0.2) is 0 Å². The Hall–Kier alpha value is -1.81. The number of halogens is 1. The van der Waals surface area contributed by atoms with Crippen LogP contribution in [0.1, 0.15) is 62.7 Å². The monoisotopic (exact) mass is 363 g/mol. The van der Waals surface area contributed by atoms with Gasteiger partial charge in [-0.15, -0.1) is 0 Å². The first kappa shape index (κ1) is 19.5. The molecule has 0 aliphatic carbocycles. The normalized spacial score (nSPS) is 12.4. The van der Waals surface area contributed by atoms with Gasteiger partial charge in [0.1, 0.15) is 0 Å². The van der Waals surface area contributed by atoms with Gasteiger partial charge in [-0.1, -0.05) is 50.8 Å². The molecule has 5 heteroatoms. The predicted octanol–water partition coefficient (Wildman–Crippen LogP) is 5.56. The highest BCUT2D eigenvalue weighted by atomic mass is 35.5. The molecule has 0 spiro atoms. The standard InChI is InChI=1S/C20H26ClNO3/c1-3-4-5-6-7-15-13-22(18-12-16(21)8-9-17(15)18)19(23)10-14(2)11-20(24)25/h8-9,12-14H,3-7,10-11H2,1-2H3,(H,24,25). The summed E-state index contributed by atoms with van der Waals surface area (Å²) in [5.74, 6) is -1.16. The Bertz CT molecular complexity index is 751. The number of benzene rings is 1. The van der Waals surface area contributed by atoms with Crippen molar-refractivity contribution in [2.75, 3.05) is 0 Å². The van der Waals surface area contributed by atoms with Crippen molar-refractivity contribution in [2.24, 2.45) is 5.92 Å². The number of aliphatic carboxylic acids is 1. The summed E-state index contributed by atoms with van der Waals surface area (Å²) in [6.45, 7) is 3.97. The molecule has 1 aromatic heterocycles. The summed E-state index contributed by atoms with van der Waals surface area (Å²) in [5.41, 5.74) is 1.97. The van der Waals surface area contributed by atoms with E-state index in [0.717, 1.165) is 29.3 Å². The van der Waals surface area contributed by atoms with E-state index in [1.165, 1.54) is 19.3 Å². The lowest BCUT2D eigenvalue weighted by molar-refractivity contribution is -0.137. The third kappa shape index (κ3) is 5.33. The van der Waals surface area contributed by atoms with Crippen molar-refractivity contribution >= 4 is 34.4 Å². The van der Waals surface area contributed by atoms with Crippen LogP contribution in [0.4, 0.5) is 0 Å². The van der Waals surface area contributed by atoms with Gasteiger partial charge in [0.15, 0.2) is 0 Å². The fourth-order valence-corrected chi connectivity index (χ4v) is 3.35. The van der Waals surface area contributed by atoms with Gasteiger partial charge in [0, 0.05) is 29.4 Å². The van der Waals surface area contributed by atoms with Gasteiger partial charge < -0.3 is 5.11 Å². The zero-order chi connectivity index (χ0) is 18.4. The number of hydrogen-bond acceptors (Lipinski definition) is 2. The van der Waals surface area contributed by atoms with E-state index in [9.17, 15) is 9.59 Å². The molecule has 0 saturated carbocycles. The van der Waals surface area contributed by atoms with Crippen LogP contribution in [0.3, 0.4) is 0 Å². The molecule has 0 aliphatic rings. The van der Waals surface area contributed by atoms with E-state index in [4.69, 9.17) is 16.7 Å². The number of rotatable bonds is 9. The highest BCUT2D eigenvalue weighted by Crippen LogP contribution is 2.27. The van der Waals surface area contributed by atoms with Crippen molar-refractivity contribution in [2.45, 2.75) is 58.8 Å². The lowest BCUT2D eigenvalue weighted by atomic mass is 10.0. The van der Waals surface area contributed by atoms with Gasteiger partial charge in [0.05, 0.1) is 5.52 Å². The summed E-state index contributed by atoms with van der Waals surface area (Å²) in [6, 6.07) is 5.63. The highest BCUT2D eigenvalue weighted by molar-refractivity contribution is 6.31. The molecular formula is C20H26ClNO3. The quantitative estimate of drug-likeness (QED) is 0.593. The Morgan fingerprint density at radius 1 is 1.20 bits per heavy atom. The number of aromatic nitrogens is 1. The molecule has 1 unspecified atom stereocenters. The van der Waals surface area contributed by atoms with Gasteiger partial charge in [-0.05, 0) is 36.5 Å². The molecule has 1 heterocycles. The molecule has 2 rings (SSSR count). The Morgan fingerprint density at radius 2 is 1.96 bits per heavy atom. The number of unbranched alkanes of at least 4 members (excludes halogenated alkanes) is 3. The Labute approximate surface area is 153 Å². The summed E-state index contributed by atoms with van der Waals surface area (Å²) in [4.78, 5) is 23.5. The SMILES string of the molecule is CCCCCCc1cn(C(=O)CC(C)CC(=O)O)c2cc(Cl)ccc12. The van der Waals surface area contributed by atoms with E-state index < -0.39 is 5.97 Å². The number of carboxylic acids is 1. The molecule has 2 aromatic rings. The fourth-order valence-electron chi connectivity index (χ4n) is 3.19. The van der Waals surface area contributed by atoms with Crippen LogP contribution >= 0.6 is 11.6 Å². The number of carbonyl (C=O) groups is 2.